The van der Waals surface area contributed by atoms with Crippen LogP contribution in [0.1, 0.15) is 18.1 Å². The Morgan fingerprint density at radius 3 is 2.42 bits per heavy atom. The first kappa shape index (κ1) is 13.7. The Hall–Kier alpha value is -1.74. The van der Waals surface area contributed by atoms with Gasteiger partial charge in [0, 0.05) is 12.0 Å². The van der Waals surface area contributed by atoms with Crippen molar-refractivity contribution >= 4 is 0 Å². The summed E-state index contributed by atoms with van der Waals surface area (Å²) >= 11 is 0. The maximum atomic E-state index is 13.7. The molecule has 3 heteroatoms. The van der Waals surface area contributed by atoms with Crippen molar-refractivity contribution in [1.29, 1.82) is 0 Å². The summed E-state index contributed by atoms with van der Waals surface area (Å²) in [4.78, 5) is 0. The normalized spacial score (nSPS) is 14.1. The molecule has 0 aliphatic rings. The molecule has 0 saturated carbocycles. The van der Waals surface area contributed by atoms with E-state index in [0.29, 0.717) is 18.5 Å². The molecule has 0 radical (unpaired) electrons. The first-order chi connectivity index (χ1) is 9.05. The Kier molecular flexibility index (Phi) is 3.96. The van der Waals surface area contributed by atoms with Gasteiger partial charge < -0.3 is 5.73 Å². The molecule has 2 aromatic carbocycles. The van der Waals surface area contributed by atoms with Crippen LogP contribution in [0.2, 0.25) is 0 Å². The highest BCUT2D eigenvalue weighted by Gasteiger charge is 2.26. The van der Waals surface area contributed by atoms with Gasteiger partial charge in [0.15, 0.2) is 0 Å². The maximum absolute atomic E-state index is 13.7. The first-order valence-corrected chi connectivity index (χ1v) is 6.25. The molecule has 19 heavy (non-hydrogen) atoms. The molecule has 0 aliphatic heterocycles. The van der Waals surface area contributed by atoms with Crippen LogP contribution in [0.4, 0.5) is 8.78 Å². The van der Waals surface area contributed by atoms with E-state index >= 15 is 0 Å². The van der Waals surface area contributed by atoms with Crippen LogP contribution in [0.5, 0.6) is 0 Å². The molecule has 1 atom stereocenters. The monoisotopic (exact) mass is 261 g/mol. The van der Waals surface area contributed by atoms with Crippen LogP contribution < -0.4 is 5.73 Å². The topological polar surface area (TPSA) is 26.0 Å². The van der Waals surface area contributed by atoms with E-state index in [1.165, 1.54) is 18.2 Å². The van der Waals surface area contributed by atoms with Gasteiger partial charge in [-0.1, -0.05) is 37.3 Å². The predicted molar refractivity (Wildman–Crippen MR) is 72.9 cm³/mol. The van der Waals surface area contributed by atoms with Crippen LogP contribution in [0.3, 0.4) is 0 Å². The molecule has 1 nitrogen and oxygen atoms in total. The average molecular weight is 261 g/mol. The molecule has 1 unspecified atom stereocenters. The number of benzene rings is 2. The highest BCUT2D eigenvalue weighted by atomic mass is 19.1. The molecular weight excluding hydrogens is 244 g/mol. The van der Waals surface area contributed by atoms with Crippen LogP contribution >= 0.6 is 0 Å². The molecule has 0 heterocycles. The molecule has 0 spiro atoms. The third-order valence-electron chi connectivity index (χ3n) is 3.51. The summed E-state index contributed by atoms with van der Waals surface area (Å²) in [5.74, 6) is -0.552. The van der Waals surface area contributed by atoms with Crippen molar-refractivity contribution in [3.8, 4) is 0 Å². The number of rotatable bonds is 4. The number of hydrogen-bond donors (Lipinski definition) is 1. The van der Waals surface area contributed by atoms with E-state index in [9.17, 15) is 8.78 Å². The van der Waals surface area contributed by atoms with Gasteiger partial charge in [0.25, 0.3) is 0 Å². The van der Waals surface area contributed by atoms with Crippen molar-refractivity contribution < 1.29 is 8.78 Å². The highest BCUT2D eigenvalue weighted by Crippen LogP contribution is 2.28. The Labute approximate surface area is 112 Å². The lowest BCUT2D eigenvalue weighted by molar-refractivity contribution is 0.463. The second kappa shape index (κ2) is 5.49. The van der Waals surface area contributed by atoms with E-state index in [2.05, 4.69) is 0 Å². The molecule has 0 aromatic heterocycles. The Bertz CT molecular complexity index is 568. The van der Waals surface area contributed by atoms with Crippen molar-refractivity contribution in [3.63, 3.8) is 0 Å². The second-order valence-electron chi connectivity index (χ2n) is 5.04. The second-order valence-corrected chi connectivity index (χ2v) is 5.04. The van der Waals surface area contributed by atoms with Gasteiger partial charge in [0.2, 0.25) is 0 Å². The van der Waals surface area contributed by atoms with Crippen molar-refractivity contribution in [1.82, 2.24) is 0 Å². The zero-order chi connectivity index (χ0) is 13.9. The van der Waals surface area contributed by atoms with Gasteiger partial charge in [0.1, 0.15) is 11.6 Å². The van der Waals surface area contributed by atoms with E-state index in [-0.39, 0.29) is 11.6 Å². The molecule has 0 fully saturated rings. The molecular formula is C16H17F2N. The third-order valence-corrected chi connectivity index (χ3v) is 3.51. The third kappa shape index (κ3) is 2.99. The lowest BCUT2D eigenvalue weighted by Gasteiger charge is -2.29. The maximum Gasteiger partial charge on any atom is 0.126 e. The quantitative estimate of drug-likeness (QED) is 0.896. The molecule has 2 aromatic rings. The van der Waals surface area contributed by atoms with Crippen molar-refractivity contribution in [2.45, 2.75) is 18.8 Å². The van der Waals surface area contributed by atoms with E-state index in [1.54, 1.807) is 24.3 Å². The number of hydrogen-bond acceptors (Lipinski definition) is 1. The fourth-order valence-corrected chi connectivity index (χ4v) is 2.22. The van der Waals surface area contributed by atoms with Crippen LogP contribution in [0, 0.1) is 11.6 Å². The zero-order valence-electron chi connectivity index (χ0n) is 10.9. The summed E-state index contributed by atoms with van der Waals surface area (Å²) in [6, 6.07) is 13.0. The van der Waals surface area contributed by atoms with Gasteiger partial charge >= 0.3 is 0 Å². The molecule has 2 N–H and O–H groups in total. The van der Waals surface area contributed by atoms with Crippen molar-refractivity contribution in [3.05, 3.63) is 71.3 Å². The first-order valence-electron chi connectivity index (χ1n) is 6.25. The summed E-state index contributed by atoms with van der Waals surface area (Å²) in [7, 11) is 0. The van der Waals surface area contributed by atoms with E-state index in [4.69, 9.17) is 5.73 Å². The van der Waals surface area contributed by atoms with Crippen LogP contribution in [0.15, 0.2) is 48.5 Å². The number of nitrogens with two attached hydrogens (primary N) is 1. The van der Waals surface area contributed by atoms with E-state index in [0.717, 1.165) is 5.56 Å². The minimum atomic E-state index is -0.482. The summed E-state index contributed by atoms with van der Waals surface area (Å²) in [6.45, 7) is 2.25. The van der Waals surface area contributed by atoms with Gasteiger partial charge in [-0.3, -0.25) is 0 Å². The van der Waals surface area contributed by atoms with Crippen molar-refractivity contribution in [2.24, 2.45) is 5.73 Å². The predicted octanol–water partition coefficient (Wildman–Crippen LogP) is 3.42. The minimum absolute atomic E-state index is 0.251. The average Bonchev–Trinajstić information content (AvgIpc) is 2.41. The Balaban J connectivity index is 2.36. The van der Waals surface area contributed by atoms with Crippen LogP contribution in [0.25, 0.3) is 0 Å². The lowest BCUT2D eigenvalue weighted by Crippen LogP contribution is -2.34. The molecule has 0 bridgehead atoms. The van der Waals surface area contributed by atoms with Gasteiger partial charge in [0.05, 0.1) is 0 Å². The summed E-state index contributed by atoms with van der Waals surface area (Å²) in [6.07, 6.45) is 0.444. The highest BCUT2D eigenvalue weighted by molar-refractivity contribution is 5.30. The van der Waals surface area contributed by atoms with Gasteiger partial charge in [-0.2, -0.15) is 0 Å². The Morgan fingerprint density at radius 1 is 1.05 bits per heavy atom. The summed E-state index contributed by atoms with van der Waals surface area (Å²) in [5, 5.41) is 0. The molecule has 100 valence electrons. The fourth-order valence-electron chi connectivity index (χ4n) is 2.22. The largest absolute Gasteiger partial charge is 0.330 e. The number of halogens is 2. The standard InChI is InChI=1S/C16H17F2N/c1-16(11-19,13-6-4-7-14(17)9-13)10-12-5-2-3-8-15(12)18/h2-9H,10-11,19H2,1H3. The molecule has 2 rings (SSSR count). The Morgan fingerprint density at radius 2 is 1.79 bits per heavy atom. The molecule has 0 saturated heterocycles. The van der Waals surface area contributed by atoms with Crippen molar-refractivity contribution in [2.75, 3.05) is 6.54 Å². The van der Waals surface area contributed by atoms with Gasteiger partial charge in [-0.15, -0.1) is 0 Å². The fraction of sp³-hybridized carbons (Fsp3) is 0.250. The minimum Gasteiger partial charge on any atom is -0.330 e. The zero-order valence-corrected chi connectivity index (χ0v) is 10.9. The van der Waals surface area contributed by atoms with Gasteiger partial charge in [-0.25, -0.2) is 8.78 Å². The smallest absolute Gasteiger partial charge is 0.126 e. The van der Waals surface area contributed by atoms with Crippen LogP contribution in [-0.4, -0.2) is 6.54 Å². The summed E-state index contributed by atoms with van der Waals surface area (Å²) in [5.41, 5.74) is 6.75. The molecule has 0 aliphatic carbocycles. The van der Waals surface area contributed by atoms with Gasteiger partial charge in [-0.05, 0) is 35.7 Å². The lowest BCUT2D eigenvalue weighted by atomic mass is 9.77. The summed E-state index contributed by atoms with van der Waals surface area (Å²) < 4.78 is 27.1. The van der Waals surface area contributed by atoms with Crippen LogP contribution in [-0.2, 0) is 11.8 Å². The SMILES string of the molecule is CC(CN)(Cc1ccccc1F)c1cccc(F)c1. The van der Waals surface area contributed by atoms with E-state index < -0.39 is 5.41 Å². The molecule has 0 amide bonds. The van der Waals surface area contributed by atoms with E-state index in [1.807, 2.05) is 13.0 Å².